The van der Waals surface area contributed by atoms with Crippen molar-refractivity contribution in [3.05, 3.63) is 53.6 Å². The number of phenolic OH excluding ortho intramolecular Hbond substituents is 1. The van der Waals surface area contributed by atoms with Crippen LogP contribution in [0.4, 0.5) is 5.69 Å². The van der Waals surface area contributed by atoms with E-state index in [1.165, 1.54) is 35.8 Å². The molecule has 1 atom stereocenters. The molecule has 0 aromatic heterocycles. The molecule has 128 valence electrons. The number of phenols is 1. The van der Waals surface area contributed by atoms with Crippen molar-refractivity contribution < 1.29 is 5.11 Å². The minimum Gasteiger partial charge on any atom is -0.508 e. The number of piperidine rings is 1. The molecule has 2 aromatic rings. The quantitative estimate of drug-likeness (QED) is 0.797. The number of benzene rings is 2. The minimum atomic E-state index is -0.0782. The van der Waals surface area contributed by atoms with Crippen LogP contribution in [0.25, 0.3) is 0 Å². The predicted molar refractivity (Wildman–Crippen MR) is 106 cm³/mol. The number of aryl methyl sites for hydroxylation is 1. The van der Waals surface area contributed by atoms with Crippen LogP contribution in [0.5, 0.6) is 5.75 Å². The Kier molecular flexibility index (Phi) is 5.15. The third kappa shape index (κ3) is 3.75. The van der Waals surface area contributed by atoms with E-state index in [-0.39, 0.29) is 5.16 Å². The Morgan fingerprint density at radius 1 is 1.00 bits per heavy atom. The van der Waals surface area contributed by atoms with Gasteiger partial charge >= 0.3 is 0 Å². The van der Waals surface area contributed by atoms with Crippen LogP contribution >= 0.6 is 8.58 Å². The lowest BCUT2D eigenvalue weighted by atomic mass is 10.0. The molecule has 0 radical (unpaired) electrons. The molecule has 0 saturated carbocycles. The molecule has 0 aliphatic carbocycles. The lowest BCUT2D eigenvalue weighted by Gasteiger charge is -2.33. The van der Waals surface area contributed by atoms with Gasteiger partial charge in [-0.1, -0.05) is 52.8 Å². The number of nitrogens with zero attached hydrogens (tertiary/aromatic N) is 1. The second kappa shape index (κ2) is 7.15. The van der Waals surface area contributed by atoms with Crippen molar-refractivity contribution >= 4 is 19.6 Å². The molecule has 1 saturated heterocycles. The second-order valence-corrected chi connectivity index (χ2v) is 9.37. The molecule has 1 heterocycles. The van der Waals surface area contributed by atoms with Crippen molar-refractivity contribution in [2.45, 2.75) is 45.2 Å². The van der Waals surface area contributed by atoms with E-state index in [2.05, 4.69) is 49.9 Å². The molecule has 1 aliphatic rings. The largest absolute Gasteiger partial charge is 0.508 e. The molecular formula is C21H28NOP. The van der Waals surface area contributed by atoms with Crippen molar-refractivity contribution in [3.8, 4) is 5.75 Å². The summed E-state index contributed by atoms with van der Waals surface area (Å²) in [4.78, 5) is 2.56. The van der Waals surface area contributed by atoms with E-state index in [4.69, 9.17) is 0 Å². The fourth-order valence-electron chi connectivity index (χ4n) is 3.55. The average Bonchev–Trinajstić information content (AvgIpc) is 2.57. The second-order valence-electron chi connectivity index (χ2n) is 7.34. The molecule has 1 fully saturated rings. The molecule has 1 unspecified atom stereocenters. The van der Waals surface area contributed by atoms with Crippen LogP contribution in [0.1, 0.15) is 44.2 Å². The summed E-state index contributed by atoms with van der Waals surface area (Å²) in [6, 6.07) is 14.6. The van der Waals surface area contributed by atoms with Crippen LogP contribution in [0.15, 0.2) is 42.5 Å². The first-order chi connectivity index (χ1) is 11.5. The van der Waals surface area contributed by atoms with Gasteiger partial charge in [-0.15, -0.1) is 0 Å². The minimum absolute atomic E-state index is 0.0782. The molecule has 24 heavy (non-hydrogen) atoms. The molecule has 3 rings (SSSR count). The van der Waals surface area contributed by atoms with E-state index in [9.17, 15) is 5.11 Å². The van der Waals surface area contributed by atoms with Crippen molar-refractivity contribution in [3.63, 3.8) is 0 Å². The van der Waals surface area contributed by atoms with E-state index >= 15 is 0 Å². The van der Waals surface area contributed by atoms with Gasteiger partial charge in [0.25, 0.3) is 0 Å². The SMILES string of the molecule is Cc1ccc(PC(C)(C)c2ccccc2O)c(N2CCCCC2)c1. The molecule has 1 aliphatic heterocycles. The normalized spacial score (nSPS) is 16.0. The van der Waals surface area contributed by atoms with E-state index < -0.39 is 0 Å². The van der Waals surface area contributed by atoms with Gasteiger partial charge in [0, 0.05) is 29.5 Å². The van der Waals surface area contributed by atoms with Gasteiger partial charge in [-0.05, 0) is 49.2 Å². The predicted octanol–water partition coefficient (Wildman–Crippen LogP) is 4.93. The molecular weight excluding hydrogens is 313 g/mol. The van der Waals surface area contributed by atoms with Gasteiger partial charge in [-0.3, -0.25) is 0 Å². The highest BCUT2D eigenvalue weighted by molar-refractivity contribution is 7.49. The van der Waals surface area contributed by atoms with E-state index in [0.29, 0.717) is 14.3 Å². The van der Waals surface area contributed by atoms with Crippen LogP contribution in [0, 0.1) is 6.92 Å². The summed E-state index contributed by atoms with van der Waals surface area (Å²) in [5.74, 6) is 0.404. The number of rotatable bonds is 4. The monoisotopic (exact) mass is 341 g/mol. The third-order valence-corrected chi connectivity index (χ3v) is 6.46. The lowest BCUT2D eigenvalue weighted by molar-refractivity contribution is 0.461. The highest BCUT2D eigenvalue weighted by Crippen LogP contribution is 2.45. The topological polar surface area (TPSA) is 23.5 Å². The van der Waals surface area contributed by atoms with Crippen LogP contribution < -0.4 is 10.2 Å². The first kappa shape index (κ1) is 17.3. The van der Waals surface area contributed by atoms with Gasteiger partial charge in [0.1, 0.15) is 5.75 Å². The summed E-state index contributed by atoms with van der Waals surface area (Å²) < 4.78 is 0. The van der Waals surface area contributed by atoms with Crippen LogP contribution in [0.3, 0.4) is 0 Å². The summed E-state index contributed by atoms with van der Waals surface area (Å²) in [6.45, 7) is 8.98. The van der Waals surface area contributed by atoms with Crippen LogP contribution in [-0.4, -0.2) is 18.2 Å². The lowest BCUT2D eigenvalue weighted by Crippen LogP contribution is -2.33. The molecule has 3 heteroatoms. The smallest absolute Gasteiger partial charge is 0.119 e. The first-order valence-corrected chi connectivity index (χ1v) is 9.90. The molecule has 1 N–H and O–H groups in total. The van der Waals surface area contributed by atoms with Gasteiger partial charge in [-0.25, -0.2) is 0 Å². The Balaban J connectivity index is 1.93. The van der Waals surface area contributed by atoms with Crippen molar-refractivity contribution in [1.29, 1.82) is 0 Å². The maximum Gasteiger partial charge on any atom is 0.119 e. The zero-order valence-electron chi connectivity index (χ0n) is 15.0. The fraction of sp³-hybridized carbons (Fsp3) is 0.429. The van der Waals surface area contributed by atoms with Crippen molar-refractivity contribution in [2.75, 3.05) is 18.0 Å². The fourth-order valence-corrected chi connectivity index (χ4v) is 5.09. The zero-order chi connectivity index (χ0) is 17.2. The van der Waals surface area contributed by atoms with Crippen LogP contribution in [-0.2, 0) is 5.16 Å². The Morgan fingerprint density at radius 2 is 1.71 bits per heavy atom. The maximum absolute atomic E-state index is 10.3. The zero-order valence-corrected chi connectivity index (χ0v) is 16.0. The number of aromatic hydroxyl groups is 1. The summed E-state index contributed by atoms with van der Waals surface area (Å²) in [7, 11) is 0.623. The van der Waals surface area contributed by atoms with Gasteiger partial charge in [0.05, 0.1) is 0 Å². The number of anilines is 1. The van der Waals surface area contributed by atoms with Crippen LogP contribution in [0.2, 0.25) is 0 Å². The molecule has 2 nitrogen and oxygen atoms in total. The Hall–Kier alpha value is -1.53. The van der Waals surface area contributed by atoms with E-state index in [0.717, 1.165) is 18.7 Å². The third-order valence-electron chi connectivity index (χ3n) is 4.87. The molecule has 0 spiro atoms. The summed E-state index contributed by atoms with van der Waals surface area (Å²) in [5, 5.41) is 11.6. The summed E-state index contributed by atoms with van der Waals surface area (Å²) >= 11 is 0. The highest BCUT2D eigenvalue weighted by Gasteiger charge is 2.26. The van der Waals surface area contributed by atoms with Crippen molar-refractivity contribution in [2.24, 2.45) is 0 Å². The highest BCUT2D eigenvalue weighted by atomic mass is 31.1. The Labute approximate surface area is 147 Å². The van der Waals surface area contributed by atoms with E-state index in [1.54, 1.807) is 6.07 Å². The standard InChI is InChI=1S/C21H28NOP/c1-16-11-12-20(18(15-16)22-13-7-4-8-14-22)24-21(2,3)17-9-5-6-10-19(17)23/h5-6,9-12,15,23-24H,4,7-8,13-14H2,1-3H3. The molecule has 0 bridgehead atoms. The molecule has 2 aromatic carbocycles. The van der Waals surface area contributed by atoms with Gasteiger partial charge < -0.3 is 10.0 Å². The summed E-state index contributed by atoms with van der Waals surface area (Å²) in [6.07, 6.45) is 3.93. The molecule has 0 amide bonds. The average molecular weight is 341 g/mol. The summed E-state index contributed by atoms with van der Waals surface area (Å²) in [5.41, 5.74) is 3.76. The van der Waals surface area contributed by atoms with Crippen molar-refractivity contribution in [1.82, 2.24) is 0 Å². The number of hydrogen-bond donors (Lipinski definition) is 1. The van der Waals surface area contributed by atoms with Gasteiger partial charge in [-0.2, -0.15) is 0 Å². The Bertz CT molecular complexity index is 705. The number of hydrogen-bond acceptors (Lipinski definition) is 2. The number of para-hydroxylation sites is 1. The Morgan fingerprint density at radius 3 is 2.42 bits per heavy atom. The van der Waals surface area contributed by atoms with Gasteiger partial charge in [0.15, 0.2) is 0 Å². The van der Waals surface area contributed by atoms with E-state index in [1.807, 2.05) is 12.1 Å². The van der Waals surface area contributed by atoms with Gasteiger partial charge in [0.2, 0.25) is 0 Å². The first-order valence-electron chi connectivity index (χ1n) is 8.90. The maximum atomic E-state index is 10.3.